The Labute approximate surface area is 113 Å². The minimum atomic E-state index is -0.829. The molecule has 0 saturated heterocycles. The van der Waals surface area contributed by atoms with Gasteiger partial charge in [0.15, 0.2) is 11.5 Å². The van der Waals surface area contributed by atoms with Crippen molar-refractivity contribution in [2.45, 2.75) is 13.3 Å². The fraction of sp³-hybridized carbons (Fsp3) is 0.500. The second-order valence-corrected chi connectivity index (χ2v) is 4.54. The minimum absolute atomic E-state index is 0.208. The number of nitrogens with zero attached hydrogens (tertiary/aromatic N) is 1. The van der Waals surface area contributed by atoms with E-state index in [1.54, 1.807) is 19.1 Å². The van der Waals surface area contributed by atoms with E-state index in [-0.39, 0.29) is 6.61 Å². The maximum absolute atomic E-state index is 9.29. The Hall–Kier alpha value is -1.93. The van der Waals surface area contributed by atoms with Gasteiger partial charge in [-0.1, -0.05) is 0 Å². The Morgan fingerprint density at radius 2 is 1.68 bits per heavy atom. The molecule has 0 aromatic heterocycles. The van der Waals surface area contributed by atoms with Gasteiger partial charge in [-0.3, -0.25) is 0 Å². The van der Waals surface area contributed by atoms with Gasteiger partial charge in [0.05, 0.1) is 39.4 Å². The smallest absolute Gasteiger partial charge is 0.203 e. The van der Waals surface area contributed by atoms with Crippen molar-refractivity contribution >= 4 is 0 Å². The number of hydrogen-bond donors (Lipinski definition) is 1. The number of benzene rings is 1. The molecule has 0 aliphatic carbocycles. The third-order valence-electron chi connectivity index (χ3n) is 2.94. The monoisotopic (exact) mass is 265 g/mol. The van der Waals surface area contributed by atoms with Gasteiger partial charge < -0.3 is 19.3 Å². The Balaban J connectivity index is 3.21. The molecule has 1 unspecified atom stereocenters. The van der Waals surface area contributed by atoms with E-state index in [0.717, 1.165) is 5.56 Å². The van der Waals surface area contributed by atoms with Gasteiger partial charge in [0.2, 0.25) is 5.75 Å². The molecule has 5 heteroatoms. The summed E-state index contributed by atoms with van der Waals surface area (Å²) >= 11 is 0. The Bertz CT molecular complexity index is 456. The van der Waals surface area contributed by atoms with Crippen LogP contribution in [0.1, 0.15) is 12.5 Å². The lowest BCUT2D eigenvalue weighted by Crippen LogP contribution is -2.22. The Kier molecular flexibility index (Phi) is 5.02. The first-order chi connectivity index (χ1) is 9.03. The average Bonchev–Trinajstić information content (AvgIpc) is 2.45. The van der Waals surface area contributed by atoms with Gasteiger partial charge in [-0.2, -0.15) is 5.26 Å². The van der Waals surface area contributed by atoms with E-state index in [4.69, 9.17) is 19.5 Å². The topological polar surface area (TPSA) is 71.7 Å². The van der Waals surface area contributed by atoms with Crippen LogP contribution in [0.15, 0.2) is 12.1 Å². The number of methoxy groups -OCH3 is 3. The molecule has 0 amide bonds. The van der Waals surface area contributed by atoms with Crippen molar-refractivity contribution in [2.75, 3.05) is 27.9 Å². The van der Waals surface area contributed by atoms with E-state index in [1.807, 2.05) is 0 Å². The lowest BCUT2D eigenvalue weighted by Gasteiger charge is -2.20. The molecule has 104 valence electrons. The summed E-state index contributed by atoms with van der Waals surface area (Å²) in [4.78, 5) is 0. The van der Waals surface area contributed by atoms with Crippen LogP contribution in [0.5, 0.6) is 17.2 Å². The third kappa shape index (κ3) is 3.30. The van der Waals surface area contributed by atoms with Crippen LogP contribution in [-0.4, -0.2) is 33.0 Å². The largest absolute Gasteiger partial charge is 0.493 e. The molecule has 19 heavy (non-hydrogen) atoms. The third-order valence-corrected chi connectivity index (χ3v) is 2.94. The zero-order chi connectivity index (χ0) is 14.5. The summed E-state index contributed by atoms with van der Waals surface area (Å²) in [7, 11) is 4.61. The highest BCUT2D eigenvalue weighted by Crippen LogP contribution is 2.39. The van der Waals surface area contributed by atoms with Gasteiger partial charge in [0.25, 0.3) is 0 Å². The molecule has 5 nitrogen and oxygen atoms in total. The Morgan fingerprint density at radius 1 is 1.16 bits per heavy atom. The molecular formula is C14H19NO4. The van der Waals surface area contributed by atoms with Crippen molar-refractivity contribution in [3.8, 4) is 23.3 Å². The average molecular weight is 265 g/mol. The SMILES string of the molecule is COc1cc(CC(C)(C#N)CO)cc(OC)c1OC. The highest BCUT2D eigenvalue weighted by molar-refractivity contribution is 5.54. The predicted molar refractivity (Wildman–Crippen MR) is 70.6 cm³/mol. The number of hydrogen-bond acceptors (Lipinski definition) is 5. The van der Waals surface area contributed by atoms with Gasteiger partial charge in [-0.05, 0) is 31.0 Å². The van der Waals surface area contributed by atoms with Gasteiger partial charge in [-0.25, -0.2) is 0 Å². The van der Waals surface area contributed by atoms with E-state index in [2.05, 4.69) is 6.07 Å². The first-order valence-electron chi connectivity index (χ1n) is 5.84. The van der Waals surface area contributed by atoms with Crippen molar-refractivity contribution in [1.29, 1.82) is 5.26 Å². The summed E-state index contributed by atoms with van der Waals surface area (Å²) in [6, 6.07) is 5.69. The normalized spacial score (nSPS) is 13.3. The molecule has 1 rings (SSSR count). The van der Waals surface area contributed by atoms with Crippen LogP contribution in [0.25, 0.3) is 0 Å². The molecule has 0 heterocycles. The van der Waals surface area contributed by atoms with Gasteiger partial charge >= 0.3 is 0 Å². The van der Waals surface area contributed by atoms with Crippen molar-refractivity contribution in [2.24, 2.45) is 5.41 Å². The number of ether oxygens (including phenoxy) is 3. The van der Waals surface area contributed by atoms with Gasteiger partial charge in [-0.15, -0.1) is 0 Å². The molecule has 0 spiro atoms. The van der Waals surface area contributed by atoms with E-state index in [0.29, 0.717) is 23.7 Å². The van der Waals surface area contributed by atoms with Crippen LogP contribution in [0, 0.1) is 16.7 Å². The highest BCUT2D eigenvalue weighted by atomic mass is 16.5. The van der Waals surface area contributed by atoms with Gasteiger partial charge in [0.1, 0.15) is 0 Å². The highest BCUT2D eigenvalue weighted by Gasteiger charge is 2.25. The van der Waals surface area contributed by atoms with Crippen LogP contribution >= 0.6 is 0 Å². The maximum atomic E-state index is 9.29. The molecule has 0 aliphatic heterocycles. The van der Waals surface area contributed by atoms with Crippen molar-refractivity contribution < 1.29 is 19.3 Å². The summed E-state index contributed by atoms with van der Waals surface area (Å²) in [5, 5.41) is 18.4. The standard InChI is InChI=1S/C14H19NO4/c1-14(8-15,9-16)7-10-5-11(17-2)13(19-4)12(6-10)18-3/h5-6,16H,7,9H2,1-4H3. The van der Waals surface area contributed by atoms with Crippen LogP contribution in [0.3, 0.4) is 0 Å². The van der Waals surface area contributed by atoms with E-state index >= 15 is 0 Å². The molecule has 1 N–H and O–H groups in total. The lowest BCUT2D eigenvalue weighted by atomic mass is 9.86. The molecule has 0 bridgehead atoms. The number of rotatable bonds is 6. The van der Waals surface area contributed by atoms with Crippen molar-refractivity contribution in [3.05, 3.63) is 17.7 Å². The van der Waals surface area contributed by atoms with Crippen molar-refractivity contribution in [1.82, 2.24) is 0 Å². The molecule has 0 saturated carbocycles. The predicted octanol–water partition coefficient (Wildman–Crippen LogP) is 1.78. The second kappa shape index (κ2) is 6.30. The minimum Gasteiger partial charge on any atom is -0.493 e. The van der Waals surface area contributed by atoms with Crippen LogP contribution in [0.2, 0.25) is 0 Å². The summed E-state index contributed by atoms with van der Waals surface area (Å²) in [5.41, 5.74) is 0.0116. The van der Waals surface area contributed by atoms with Crippen LogP contribution in [-0.2, 0) is 6.42 Å². The molecule has 0 radical (unpaired) electrons. The zero-order valence-electron chi connectivity index (χ0n) is 11.7. The first kappa shape index (κ1) is 15.1. The maximum Gasteiger partial charge on any atom is 0.203 e. The fourth-order valence-corrected chi connectivity index (χ4v) is 1.82. The number of aliphatic hydroxyl groups excluding tert-OH is 1. The lowest BCUT2D eigenvalue weighted by molar-refractivity contribution is 0.189. The molecule has 1 atom stereocenters. The number of nitriles is 1. The molecule has 0 fully saturated rings. The van der Waals surface area contributed by atoms with Crippen LogP contribution < -0.4 is 14.2 Å². The van der Waals surface area contributed by atoms with Crippen LogP contribution in [0.4, 0.5) is 0 Å². The summed E-state index contributed by atoms with van der Waals surface area (Å²) in [6.45, 7) is 1.50. The first-order valence-corrected chi connectivity index (χ1v) is 5.84. The van der Waals surface area contributed by atoms with Crippen molar-refractivity contribution in [3.63, 3.8) is 0 Å². The van der Waals surface area contributed by atoms with E-state index in [9.17, 15) is 5.11 Å². The second-order valence-electron chi connectivity index (χ2n) is 4.54. The summed E-state index contributed by atoms with van der Waals surface area (Å²) in [5.74, 6) is 1.58. The summed E-state index contributed by atoms with van der Waals surface area (Å²) in [6.07, 6.45) is 0.400. The zero-order valence-corrected chi connectivity index (χ0v) is 11.7. The Morgan fingerprint density at radius 3 is 2.00 bits per heavy atom. The van der Waals surface area contributed by atoms with Gasteiger partial charge in [0, 0.05) is 0 Å². The fourth-order valence-electron chi connectivity index (χ4n) is 1.82. The molecule has 0 aliphatic rings. The molecule has 1 aromatic rings. The molecular weight excluding hydrogens is 246 g/mol. The molecule has 1 aromatic carbocycles. The van der Waals surface area contributed by atoms with E-state index < -0.39 is 5.41 Å². The van der Waals surface area contributed by atoms with E-state index in [1.165, 1.54) is 21.3 Å². The quantitative estimate of drug-likeness (QED) is 0.848. The number of aliphatic hydroxyl groups is 1. The summed E-state index contributed by atoms with van der Waals surface area (Å²) < 4.78 is 15.7.